The zero-order valence-corrected chi connectivity index (χ0v) is 19.2. The molecule has 1 atom stereocenters. The first-order valence-electron chi connectivity index (χ1n) is 11.3. The van der Waals surface area contributed by atoms with Crippen molar-refractivity contribution in [2.24, 2.45) is 16.8 Å². The van der Waals surface area contributed by atoms with Gasteiger partial charge in [-0.2, -0.15) is 5.10 Å². The maximum absolute atomic E-state index is 14.6. The molecule has 1 aliphatic carbocycles. The number of nitrogens with zero attached hydrogens (tertiary/aromatic N) is 5. The number of hydrogen-bond acceptors (Lipinski definition) is 8. The van der Waals surface area contributed by atoms with Gasteiger partial charge in [0, 0.05) is 18.1 Å². The number of benzene rings is 1. The van der Waals surface area contributed by atoms with E-state index >= 15 is 0 Å². The molecule has 5 rings (SSSR count). The van der Waals surface area contributed by atoms with Gasteiger partial charge in [-0.25, -0.2) is 28.4 Å². The van der Waals surface area contributed by atoms with E-state index in [4.69, 9.17) is 14.3 Å². The Bertz CT molecular complexity index is 1220. The first kappa shape index (κ1) is 22.5. The lowest BCUT2D eigenvalue weighted by molar-refractivity contribution is 0.119. The SMILES string of the molecule is COc1cc(F)c(-n2ncc3c(OC4CCC(C5=NC(C(C)C)NO5)CC4)ncnc32)cc1F. The predicted octanol–water partition coefficient (Wildman–Crippen LogP) is 3.96. The van der Waals surface area contributed by atoms with E-state index in [-0.39, 0.29) is 29.6 Å². The summed E-state index contributed by atoms with van der Waals surface area (Å²) in [6.45, 7) is 4.20. The zero-order chi connectivity index (χ0) is 23.8. The van der Waals surface area contributed by atoms with Gasteiger partial charge >= 0.3 is 0 Å². The van der Waals surface area contributed by atoms with Crippen molar-refractivity contribution < 1.29 is 23.1 Å². The second-order valence-electron chi connectivity index (χ2n) is 8.88. The van der Waals surface area contributed by atoms with Crippen molar-refractivity contribution in [2.75, 3.05) is 7.11 Å². The average Bonchev–Trinajstić information content (AvgIpc) is 3.49. The summed E-state index contributed by atoms with van der Waals surface area (Å²) in [6, 6.07) is 2.00. The van der Waals surface area contributed by atoms with Crippen LogP contribution in [0.2, 0.25) is 0 Å². The highest BCUT2D eigenvalue weighted by Crippen LogP contribution is 2.33. The number of hydroxylamine groups is 1. The third-order valence-electron chi connectivity index (χ3n) is 6.26. The molecule has 0 spiro atoms. The molecule has 11 heteroatoms. The Kier molecular flexibility index (Phi) is 6.03. The summed E-state index contributed by atoms with van der Waals surface area (Å²) in [4.78, 5) is 18.8. The number of methoxy groups -OCH3 is 1. The van der Waals surface area contributed by atoms with Gasteiger partial charge in [0.2, 0.25) is 11.8 Å². The number of rotatable bonds is 6. The average molecular weight is 472 g/mol. The number of halogens is 2. The molecule has 1 aliphatic heterocycles. The van der Waals surface area contributed by atoms with Crippen LogP contribution in [0.4, 0.5) is 8.78 Å². The van der Waals surface area contributed by atoms with Gasteiger partial charge in [-0.1, -0.05) is 13.8 Å². The fourth-order valence-corrected chi connectivity index (χ4v) is 4.30. The lowest BCUT2D eigenvalue weighted by Crippen LogP contribution is -2.30. The third-order valence-corrected chi connectivity index (χ3v) is 6.26. The maximum atomic E-state index is 14.6. The minimum absolute atomic E-state index is 0.00109. The van der Waals surface area contributed by atoms with Crippen LogP contribution in [0.3, 0.4) is 0 Å². The quantitative estimate of drug-likeness (QED) is 0.580. The molecule has 1 N–H and O–H groups in total. The molecule has 2 aromatic heterocycles. The summed E-state index contributed by atoms with van der Waals surface area (Å²) in [5.74, 6) is 0.195. The highest BCUT2D eigenvalue weighted by molar-refractivity contribution is 5.81. The predicted molar refractivity (Wildman–Crippen MR) is 120 cm³/mol. The normalized spacial score (nSPS) is 22.6. The van der Waals surface area contributed by atoms with Gasteiger partial charge in [0.15, 0.2) is 23.0 Å². The number of aliphatic imine (C=N–C) groups is 1. The molecule has 34 heavy (non-hydrogen) atoms. The van der Waals surface area contributed by atoms with Crippen molar-refractivity contribution in [3.63, 3.8) is 0 Å². The van der Waals surface area contributed by atoms with Crippen LogP contribution in [0.1, 0.15) is 39.5 Å². The molecular formula is C23H26F2N6O3. The highest BCUT2D eigenvalue weighted by atomic mass is 19.1. The molecule has 1 fully saturated rings. The van der Waals surface area contributed by atoms with Gasteiger partial charge in [-0.15, -0.1) is 5.48 Å². The minimum Gasteiger partial charge on any atom is -0.494 e. The molecule has 1 saturated carbocycles. The first-order valence-corrected chi connectivity index (χ1v) is 11.3. The number of fused-ring (bicyclic) bond motifs is 1. The van der Waals surface area contributed by atoms with Crippen molar-refractivity contribution in [3.05, 3.63) is 36.3 Å². The van der Waals surface area contributed by atoms with Crippen LogP contribution in [-0.4, -0.2) is 45.0 Å². The number of ether oxygens (including phenoxy) is 2. The van der Waals surface area contributed by atoms with Crippen molar-refractivity contribution in [2.45, 2.75) is 51.8 Å². The van der Waals surface area contributed by atoms with Gasteiger partial charge in [0.25, 0.3) is 0 Å². The van der Waals surface area contributed by atoms with E-state index in [9.17, 15) is 8.78 Å². The molecule has 0 bridgehead atoms. The fraction of sp³-hybridized carbons (Fsp3) is 0.478. The van der Waals surface area contributed by atoms with E-state index in [0.717, 1.165) is 43.7 Å². The van der Waals surface area contributed by atoms with E-state index in [0.29, 0.717) is 22.8 Å². The topological polar surface area (TPSA) is 95.7 Å². The van der Waals surface area contributed by atoms with Gasteiger partial charge in [-0.3, -0.25) is 0 Å². The van der Waals surface area contributed by atoms with E-state index in [1.807, 2.05) is 0 Å². The fourth-order valence-electron chi connectivity index (χ4n) is 4.30. The van der Waals surface area contributed by atoms with Gasteiger partial charge in [-0.05, 0) is 31.6 Å². The Morgan fingerprint density at radius 3 is 2.62 bits per heavy atom. The molecule has 3 heterocycles. The van der Waals surface area contributed by atoms with E-state index in [2.05, 4.69) is 39.4 Å². The Hall–Kier alpha value is -3.34. The van der Waals surface area contributed by atoms with Gasteiger partial charge in [0.05, 0.1) is 13.3 Å². The summed E-state index contributed by atoms with van der Waals surface area (Å²) in [7, 11) is 1.28. The lowest BCUT2D eigenvalue weighted by Gasteiger charge is -2.27. The van der Waals surface area contributed by atoms with Crippen molar-refractivity contribution in [1.82, 2.24) is 25.2 Å². The molecule has 0 amide bonds. The second-order valence-corrected chi connectivity index (χ2v) is 8.88. The number of aromatic nitrogens is 4. The smallest absolute Gasteiger partial charge is 0.228 e. The van der Waals surface area contributed by atoms with Gasteiger partial charge < -0.3 is 14.3 Å². The molecule has 9 nitrogen and oxygen atoms in total. The number of nitrogens with one attached hydrogen (secondary N) is 1. The van der Waals surface area contributed by atoms with Crippen LogP contribution in [0.15, 0.2) is 29.6 Å². The summed E-state index contributed by atoms with van der Waals surface area (Å²) < 4.78 is 41.1. The Morgan fingerprint density at radius 2 is 1.91 bits per heavy atom. The molecule has 0 saturated heterocycles. The molecule has 1 aromatic carbocycles. The first-order chi connectivity index (χ1) is 16.4. The van der Waals surface area contributed by atoms with Crippen LogP contribution in [-0.2, 0) is 4.84 Å². The van der Waals surface area contributed by atoms with Crippen LogP contribution in [0, 0.1) is 23.5 Å². The highest BCUT2D eigenvalue weighted by Gasteiger charge is 2.32. The minimum atomic E-state index is -0.699. The Morgan fingerprint density at radius 1 is 1.12 bits per heavy atom. The third kappa shape index (κ3) is 4.15. The van der Waals surface area contributed by atoms with E-state index in [1.54, 1.807) is 0 Å². The largest absolute Gasteiger partial charge is 0.494 e. The van der Waals surface area contributed by atoms with Gasteiger partial charge in [0.1, 0.15) is 29.7 Å². The standard InChI is InChI=1S/C23H26F2N6O3/c1-12(2)20-29-22(34-30-20)13-4-6-14(7-5-13)33-23-15-10-28-31(21(15)26-11-27-23)18-8-17(25)19(32-3)9-16(18)24/h8-14,20,30H,4-7H2,1-3H3. The molecule has 3 aromatic rings. The Labute approximate surface area is 195 Å². The Balaban J connectivity index is 1.31. The molecule has 2 aliphatic rings. The molecule has 0 radical (unpaired) electrons. The van der Waals surface area contributed by atoms with Crippen molar-refractivity contribution in [3.8, 4) is 17.3 Å². The molecular weight excluding hydrogens is 446 g/mol. The van der Waals surface area contributed by atoms with E-state index < -0.39 is 11.6 Å². The zero-order valence-electron chi connectivity index (χ0n) is 19.2. The van der Waals surface area contributed by atoms with Crippen LogP contribution in [0.5, 0.6) is 11.6 Å². The summed E-state index contributed by atoms with van der Waals surface area (Å²) >= 11 is 0. The summed E-state index contributed by atoms with van der Waals surface area (Å²) in [5.41, 5.74) is 3.23. The number of hydrogen-bond donors (Lipinski definition) is 1. The van der Waals surface area contributed by atoms with Crippen molar-refractivity contribution >= 4 is 16.9 Å². The maximum Gasteiger partial charge on any atom is 0.228 e. The summed E-state index contributed by atoms with van der Waals surface area (Å²) in [5, 5.41) is 4.73. The van der Waals surface area contributed by atoms with E-state index in [1.165, 1.54) is 24.3 Å². The molecule has 1 unspecified atom stereocenters. The van der Waals surface area contributed by atoms with Crippen LogP contribution >= 0.6 is 0 Å². The molecule has 180 valence electrons. The monoisotopic (exact) mass is 472 g/mol. The summed E-state index contributed by atoms with van der Waals surface area (Å²) in [6.07, 6.45) is 6.20. The van der Waals surface area contributed by atoms with Crippen molar-refractivity contribution in [1.29, 1.82) is 0 Å². The second kappa shape index (κ2) is 9.13. The van der Waals surface area contributed by atoms with Crippen LogP contribution < -0.4 is 15.0 Å². The van der Waals surface area contributed by atoms with Crippen LogP contribution in [0.25, 0.3) is 16.7 Å². The lowest BCUT2D eigenvalue weighted by atomic mass is 9.87.